The van der Waals surface area contributed by atoms with E-state index in [0.717, 1.165) is 17.8 Å². The Hall–Kier alpha value is -1.30. The third-order valence-corrected chi connectivity index (χ3v) is 3.74. The number of ether oxygens (including phenoxy) is 1. The van der Waals surface area contributed by atoms with E-state index < -0.39 is 28.5 Å². The lowest BCUT2D eigenvalue weighted by Gasteiger charge is -2.23. The molecule has 1 atom stereocenters. The highest BCUT2D eigenvalue weighted by Crippen LogP contribution is 2.32. The SMILES string of the molecule is CCC(Sc1cc(N)c(F)cc1F)C(=O)OC(C)(C)C. The molecule has 0 radical (unpaired) electrons. The first-order valence-electron chi connectivity index (χ1n) is 6.28. The number of benzene rings is 1. The van der Waals surface area contributed by atoms with Crippen molar-refractivity contribution in [3.63, 3.8) is 0 Å². The van der Waals surface area contributed by atoms with E-state index in [2.05, 4.69) is 0 Å². The fraction of sp³-hybridized carbons (Fsp3) is 0.500. The van der Waals surface area contributed by atoms with Gasteiger partial charge in [0.25, 0.3) is 0 Å². The second kappa shape index (κ2) is 6.43. The van der Waals surface area contributed by atoms with E-state index >= 15 is 0 Å². The van der Waals surface area contributed by atoms with Gasteiger partial charge in [0.2, 0.25) is 0 Å². The quantitative estimate of drug-likeness (QED) is 0.523. The number of rotatable bonds is 4. The van der Waals surface area contributed by atoms with Crippen molar-refractivity contribution in [3.8, 4) is 0 Å². The van der Waals surface area contributed by atoms with E-state index in [1.54, 1.807) is 27.7 Å². The van der Waals surface area contributed by atoms with Gasteiger partial charge in [-0.2, -0.15) is 0 Å². The van der Waals surface area contributed by atoms with Gasteiger partial charge in [-0.25, -0.2) is 8.78 Å². The Kier molecular flexibility index (Phi) is 5.39. The molecule has 1 rings (SSSR count). The molecule has 0 bridgehead atoms. The second-order valence-corrected chi connectivity index (χ2v) is 6.60. The number of halogens is 2. The maximum Gasteiger partial charge on any atom is 0.319 e. The summed E-state index contributed by atoms with van der Waals surface area (Å²) in [7, 11) is 0. The van der Waals surface area contributed by atoms with E-state index in [4.69, 9.17) is 10.5 Å². The zero-order chi connectivity index (χ0) is 15.5. The van der Waals surface area contributed by atoms with Crippen LogP contribution in [0.2, 0.25) is 0 Å². The Morgan fingerprint density at radius 3 is 2.45 bits per heavy atom. The van der Waals surface area contributed by atoms with Crippen molar-refractivity contribution in [3.05, 3.63) is 23.8 Å². The number of carbonyl (C=O) groups excluding carboxylic acids is 1. The van der Waals surface area contributed by atoms with Crippen molar-refractivity contribution in [1.29, 1.82) is 0 Å². The molecule has 1 aromatic carbocycles. The fourth-order valence-electron chi connectivity index (χ4n) is 1.45. The molecule has 1 aromatic rings. The molecule has 0 saturated carbocycles. The summed E-state index contributed by atoms with van der Waals surface area (Å²) < 4.78 is 32.0. The summed E-state index contributed by atoms with van der Waals surface area (Å²) in [5.74, 6) is -1.96. The molecule has 0 spiro atoms. The normalized spacial score (nSPS) is 13.1. The summed E-state index contributed by atoms with van der Waals surface area (Å²) in [6.45, 7) is 7.09. The molecule has 0 aliphatic carbocycles. The van der Waals surface area contributed by atoms with E-state index in [1.807, 2.05) is 0 Å². The smallest absolute Gasteiger partial charge is 0.319 e. The molecule has 0 saturated heterocycles. The van der Waals surface area contributed by atoms with Crippen molar-refractivity contribution in [1.82, 2.24) is 0 Å². The average molecular weight is 303 g/mol. The van der Waals surface area contributed by atoms with Gasteiger partial charge in [0, 0.05) is 11.0 Å². The van der Waals surface area contributed by atoms with Crippen molar-refractivity contribution in [2.45, 2.75) is 49.9 Å². The molecule has 6 heteroatoms. The van der Waals surface area contributed by atoms with E-state index in [1.165, 1.54) is 6.07 Å². The van der Waals surface area contributed by atoms with Crippen molar-refractivity contribution < 1.29 is 18.3 Å². The largest absolute Gasteiger partial charge is 0.459 e. The third-order valence-electron chi connectivity index (χ3n) is 2.36. The summed E-state index contributed by atoms with van der Waals surface area (Å²) in [6, 6.07) is 1.92. The number of nitrogen functional groups attached to an aromatic ring is 1. The molecule has 0 amide bonds. The maximum atomic E-state index is 13.7. The van der Waals surface area contributed by atoms with Crippen LogP contribution in [-0.4, -0.2) is 16.8 Å². The number of esters is 1. The number of hydrogen-bond donors (Lipinski definition) is 1. The van der Waals surface area contributed by atoms with E-state index in [9.17, 15) is 13.6 Å². The molecular formula is C14H19F2NO2S. The molecule has 1 unspecified atom stereocenters. The monoisotopic (exact) mass is 303 g/mol. The minimum absolute atomic E-state index is 0.140. The first kappa shape index (κ1) is 16.8. The maximum absolute atomic E-state index is 13.7. The molecule has 0 fully saturated rings. The highest BCUT2D eigenvalue weighted by molar-refractivity contribution is 8.00. The molecule has 20 heavy (non-hydrogen) atoms. The topological polar surface area (TPSA) is 52.3 Å². The number of carbonyl (C=O) groups is 1. The number of anilines is 1. The molecule has 0 aliphatic heterocycles. The minimum Gasteiger partial charge on any atom is -0.459 e. The standard InChI is InChI=1S/C14H19F2NO2S/c1-5-11(13(18)19-14(2,3)4)20-12-7-10(17)8(15)6-9(12)16/h6-7,11H,5,17H2,1-4H3. The van der Waals surface area contributed by atoms with Crippen molar-refractivity contribution >= 4 is 23.4 Å². The molecule has 0 aromatic heterocycles. The van der Waals surface area contributed by atoms with Gasteiger partial charge in [0.1, 0.15) is 22.5 Å². The highest BCUT2D eigenvalue weighted by atomic mass is 32.2. The van der Waals surface area contributed by atoms with Crippen molar-refractivity contribution in [2.75, 3.05) is 5.73 Å². The van der Waals surface area contributed by atoms with Crippen LogP contribution in [0.25, 0.3) is 0 Å². The van der Waals surface area contributed by atoms with Crippen LogP contribution in [0.3, 0.4) is 0 Å². The first-order chi connectivity index (χ1) is 9.14. The summed E-state index contributed by atoms with van der Waals surface area (Å²) in [5, 5.41) is -0.561. The Balaban J connectivity index is 2.89. The van der Waals surface area contributed by atoms with Crippen LogP contribution < -0.4 is 5.73 Å². The third kappa shape index (κ3) is 4.67. The number of nitrogens with two attached hydrogens (primary N) is 1. The highest BCUT2D eigenvalue weighted by Gasteiger charge is 2.26. The van der Waals surface area contributed by atoms with Gasteiger partial charge in [0.05, 0.1) is 5.69 Å². The van der Waals surface area contributed by atoms with Gasteiger partial charge in [-0.1, -0.05) is 6.92 Å². The number of thioether (sulfide) groups is 1. The van der Waals surface area contributed by atoms with Crippen LogP contribution in [0.1, 0.15) is 34.1 Å². The predicted molar refractivity (Wildman–Crippen MR) is 76.6 cm³/mol. The lowest BCUT2D eigenvalue weighted by Crippen LogP contribution is -2.30. The van der Waals surface area contributed by atoms with Crippen molar-refractivity contribution in [2.24, 2.45) is 0 Å². The summed E-state index contributed by atoms with van der Waals surface area (Å²) >= 11 is 0.991. The van der Waals surface area contributed by atoms with Gasteiger partial charge in [-0.15, -0.1) is 11.8 Å². The van der Waals surface area contributed by atoms with Gasteiger partial charge >= 0.3 is 5.97 Å². The molecule has 3 nitrogen and oxygen atoms in total. The lowest BCUT2D eigenvalue weighted by atomic mass is 10.2. The van der Waals surface area contributed by atoms with Gasteiger partial charge in [-0.05, 0) is 33.3 Å². The van der Waals surface area contributed by atoms with Crippen LogP contribution in [0.5, 0.6) is 0 Å². The predicted octanol–water partition coefficient (Wildman–Crippen LogP) is 3.76. The van der Waals surface area contributed by atoms with Gasteiger partial charge < -0.3 is 10.5 Å². The Morgan fingerprint density at radius 1 is 1.35 bits per heavy atom. The van der Waals surface area contributed by atoms with Crippen LogP contribution >= 0.6 is 11.8 Å². The average Bonchev–Trinajstić information content (AvgIpc) is 2.29. The Bertz CT molecular complexity index is 501. The summed E-state index contributed by atoms with van der Waals surface area (Å²) in [6.07, 6.45) is 0.469. The van der Waals surface area contributed by atoms with Crippen LogP contribution in [0.4, 0.5) is 14.5 Å². The van der Waals surface area contributed by atoms with Gasteiger partial charge in [0.15, 0.2) is 0 Å². The molecule has 2 N–H and O–H groups in total. The summed E-state index contributed by atoms with van der Waals surface area (Å²) in [4.78, 5) is 12.1. The molecule has 112 valence electrons. The number of hydrogen-bond acceptors (Lipinski definition) is 4. The lowest BCUT2D eigenvalue weighted by molar-refractivity contribution is -0.154. The van der Waals surface area contributed by atoms with E-state index in [-0.39, 0.29) is 10.6 Å². The summed E-state index contributed by atoms with van der Waals surface area (Å²) in [5.41, 5.74) is 4.66. The zero-order valence-corrected chi connectivity index (χ0v) is 12.8. The second-order valence-electron chi connectivity index (χ2n) is 5.35. The van der Waals surface area contributed by atoms with Gasteiger partial charge in [-0.3, -0.25) is 4.79 Å². The molecule has 0 heterocycles. The van der Waals surface area contributed by atoms with E-state index in [0.29, 0.717) is 6.42 Å². The van der Waals surface area contributed by atoms with Crippen LogP contribution in [-0.2, 0) is 9.53 Å². The molecule has 0 aliphatic rings. The molecular weight excluding hydrogens is 284 g/mol. The van der Waals surface area contributed by atoms with Crippen LogP contribution in [0.15, 0.2) is 17.0 Å². The first-order valence-corrected chi connectivity index (χ1v) is 7.16. The minimum atomic E-state index is -0.808. The Labute approximate surface area is 121 Å². The Morgan fingerprint density at radius 2 is 1.95 bits per heavy atom. The van der Waals surface area contributed by atoms with Crippen LogP contribution in [0, 0.1) is 11.6 Å². The zero-order valence-electron chi connectivity index (χ0n) is 12.0. The fourth-order valence-corrected chi connectivity index (χ4v) is 2.44.